The van der Waals surface area contributed by atoms with Gasteiger partial charge < -0.3 is 20.5 Å². The monoisotopic (exact) mass is 278 g/mol. The number of fused-ring (bicyclic) bond motifs is 1. The first kappa shape index (κ1) is 14.2. The lowest BCUT2D eigenvalue weighted by atomic mass is 10.0. The van der Waals surface area contributed by atoms with Crippen molar-refractivity contribution in [3.05, 3.63) is 23.8 Å². The number of primary amides is 1. The van der Waals surface area contributed by atoms with Gasteiger partial charge in [0.25, 0.3) is 5.91 Å². The van der Waals surface area contributed by atoms with Crippen LogP contribution in [0.4, 0.5) is 0 Å². The highest BCUT2D eigenvalue weighted by Gasteiger charge is 2.32. The van der Waals surface area contributed by atoms with Crippen LogP contribution in [0.15, 0.2) is 18.2 Å². The summed E-state index contributed by atoms with van der Waals surface area (Å²) in [6.45, 7) is 3.61. The molecular weight excluding hydrogens is 260 g/mol. The third kappa shape index (κ3) is 3.40. The van der Waals surface area contributed by atoms with Crippen LogP contribution in [-0.4, -0.2) is 30.6 Å². The van der Waals surface area contributed by atoms with E-state index in [1.165, 1.54) is 0 Å². The number of hydrogen-bond donors (Lipinski definition) is 2. The molecule has 2 rings (SSSR count). The second kappa shape index (κ2) is 5.40. The molecule has 6 nitrogen and oxygen atoms in total. The molecule has 0 fully saturated rings. The second-order valence-corrected chi connectivity index (χ2v) is 5.31. The zero-order chi connectivity index (χ0) is 14.8. The van der Waals surface area contributed by atoms with Crippen LogP contribution < -0.4 is 20.5 Å². The van der Waals surface area contributed by atoms with Gasteiger partial charge in [-0.1, -0.05) is 12.1 Å². The summed E-state index contributed by atoms with van der Waals surface area (Å²) < 4.78 is 11.3. The van der Waals surface area contributed by atoms with Crippen molar-refractivity contribution in [2.45, 2.75) is 25.9 Å². The first-order valence-corrected chi connectivity index (χ1v) is 6.36. The Bertz CT molecular complexity index is 540. The topological polar surface area (TPSA) is 90.6 Å². The van der Waals surface area contributed by atoms with E-state index in [0.29, 0.717) is 11.5 Å². The first-order valence-electron chi connectivity index (χ1n) is 6.36. The van der Waals surface area contributed by atoms with Crippen molar-refractivity contribution in [2.75, 3.05) is 13.2 Å². The van der Waals surface area contributed by atoms with Crippen molar-refractivity contribution in [3.63, 3.8) is 0 Å². The Hall–Kier alpha value is -2.24. The SMILES string of the molecule is CC1(C)Cc2cccc(OCC(=O)NCC(N)=O)c2O1. The number of amides is 2. The van der Waals surface area contributed by atoms with E-state index in [2.05, 4.69) is 5.32 Å². The molecule has 0 aromatic heterocycles. The summed E-state index contributed by atoms with van der Waals surface area (Å²) in [7, 11) is 0. The van der Waals surface area contributed by atoms with Gasteiger partial charge in [-0.25, -0.2) is 0 Å². The van der Waals surface area contributed by atoms with Crippen LogP contribution >= 0.6 is 0 Å². The van der Waals surface area contributed by atoms with Crippen LogP contribution in [-0.2, 0) is 16.0 Å². The van der Waals surface area contributed by atoms with Gasteiger partial charge in [-0.3, -0.25) is 9.59 Å². The quantitative estimate of drug-likeness (QED) is 0.814. The fraction of sp³-hybridized carbons (Fsp3) is 0.429. The van der Waals surface area contributed by atoms with Crippen LogP contribution in [0.1, 0.15) is 19.4 Å². The van der Waals surface area contributed by atoms with Crippen molar-refractivity contribution >= 4 is 11.8 Å². The van der Waals surface area contributed by atoms with Crippen molar-refractivity contribution in [2.24, 2.45) is 5.73 Å². The lowest BCUT2D eigenvalue weighted by molar-refractivity contribution is -0.126. The largest absolute Gasteiger partial charge is 0.483 e. The molecule has 0 saturated carbocycles. The minimum atomic E-state index is -0.593. The Labute approximate surface area is 117 Å². The minimum Gasteiger partial charge on any atom is -0.483 e. The number of rotatable bonds is 5. The van der Waals surface area contributed by atoms with E-state index >= 15 is 0 Å². The molecule has 0 atom stereocenters. The third-order valence-corrected chi connectivity index (χ3v) is 2.87. The zero-order valence-corrected chi connectivity index (χ0v) is 11.6. The van der Waals surface area contributed by atoms with Gasteiger partial charge in [-0.15, -0.1) is 0 Å². The Balaban J connectivity index is 1.97. The molecule has 0 unspecified atom stereocenters. The van der Waals surface area contributed by atoms with Gasteiger partial charge in [0.2, 0.25) is 5.91 Å². The molecule has 20 heavy (non-hydrogen) atoms. The molecule has 108 valence electrons. The minimum absolute atomic E-state index is 0.187. The van der Waals surface area contributed by atoms with E-state index < -0.39 is 11.8 Å². The number of hydrogen-bond acceptors (Lipinski definition) is 4. The van der Waals surface area contributed by atoms with E-state index in [4.69, 9.17) is 15.2 Å². The molecule has 0 aliphatic carbocycles. The van der Waals surface area contributed by atoms with E-state index in [-0.39, 0.29) is 18.8 Å². The third-order valence-electron chi connectivity index (χ3n) is 2.87. The summed E-state index contributed by atoms with van der Waals surface area (Å²) in [6.07, 6.45) is 0.799. The number of nitrogens with two attached hydrogens (primary N) is 1. The lowest BCUT2D eigenvalue weighted by Gasteiger charge is -2.18. The standard InChI is InChI=1S/C14H18N2O4/c1-14(2)6-9-4-3-5-10(13(9)20-14)19-8-12(18)16-7-11(15)17/h3-5H,6-8H2,1-2H3,(H2,15,17)(H,16,18). The molecule has 6 heteroatoms. The highest BCUT2D eigenvalue weighted by Crippen LogP contribution is 2.41. The van der Waals surface area contributed by atoms with Crippen LogP contribution in [0.2, 0.25) is 0 Å². The number of ether oxygens (including phenoxy) is 2. The predicted molar refractivity (Wildman–Crippen MR) is 72.6 cm³/mol. The van der Waals surface area contributed by atoms with Crippen LogP contribution in [0.5, 0.6) is 11.5 Å². The fourth-order valence-corrected chi connectivity index (χ4v) is 2.08. The molecular formula is C14H18N2O4. The molecule has 0 radical (unpaired) electrons. The molecule has 1 aromatic rings. The molecule has 1 aliphatic heterocycles. The summed E-state index contributed by atoms with van der Waals surface area (Å²) in [5, 5.41) is 2.36. The van der Waals surface area contributed by atoms with Gasteiger partial charge >= 0.3 is 0 Å². The smallest absolute Gasteiger partial charge is 0.258 e. The molecule has 0 bridgehead atoms. The lowest BCUT2D eigenvalue weighted by Crippen LogP contribution is -2.36. The maximum atomic E-state index is 11.5. The zero-order valence-electron chi connectivity index (χ0n) is 11.6. The first-order chi connectivity index (χ1) is 9.37. The van der Waals surface area contributed by atoms with Crippen LogP contribution in [0.3, 0.4) is 0 Å². The Morgan fingerprint density at radius 1 is 1.45 bits per heavy atom. The van der Waals surface area contributed by atoms with E-state index in [1.54, 1.807) is 6.07 Å². The van der Waals surface area contributed by atoms with E-state index in [0.717, 1.165) is 12.0 Å². The van der Waals surface area contributed by atoms with Gasteiger partial charge in [-0.05, 0) is 19.9 Å². The van der Waals surface area contributed by atoms with Gasteiger partial charge in [-0.2, -0.15) is 0 Å². The summed E-state index contributed by atoms with van der Waals surface area (Å²) in [5.41, 5.74) is 5.73. The Kier molecular flexibility index (Phi) is 3.83. The molecule has 2 amide bonds. The van der Waals surface area contributed by atoms with Crippen LogP contribution in [0.25, 0.3) is 0 Å². The van der Waals surface area contributed by atoms with Crippen molar-refractivity contribution < 1.29 is 19.1 Å². The van der Waals surface area contributed by atoms with Crippen molar-refractivity contribution in [1.29, 1.82) is 0 Å². The molecule has 0 spiro atoms. The Morgan fingerprint density at radius 3 is 2.90 bits per heavy atom. The molecule has 0 saturated heterocycles. The Morgan fingerprint density at radius 2 is 2.20 bits per heavy atom. The second-order valence-electron chi connectivity index (χ2n) is 5.31. The van der Waals surface area contributed by atoms with Gasteiger partial charge in [0.15, 0.2) is 18.1 Å². The number of benzene rings is 1. The van der Waals surface area contributed by atoms with Crippen molar-refractivity contribution in [3.8, 4) is 11.5 Å². The highest BCUT2D eigenvalue weighted by atomic mass is 16.5. The van der Waals surface area contributed by atoms with Gasteiger partial charge in [0, 0.05) is 12.0 Å². The average molecular weight is 278 g/mol. The van der Waals surface area contributed by atoms with E-state index in [1.807, 2.05) is 26.0 Å². The fourth-order valence-electron chi connectivity index (χ4n) is 2.08. The number of carbonyl (C=O) groups is 2. The normalized spacial score (nSPS) is 15.1. The van der Waals surface area contributed by atoms with Gasteiger partial charge in [0.1, 0.15) is 5.60 Å². The number of carbonyl (C=O) groups excluding carboxylic acids is 2. The molecule has 1 aromatic carbocycles. The summed E-state index contributed by atoms with van der Waals surface area (Å²) in [6, 6.07) is 5.59. The highest BCUT2D eigenvalue weighted by molar-refractivity contribution is 5.84. The van der Waals surface area contributed by atoms with E-state index in [9.17, 15) is 9.59 Å². The van der Waals surface area contributed by atoms with Crippen molar-refractivity contribution in [1.82, 2.24) is 5.32 Å². The average Bonchev–Trinajstić information content (AvgIpc) is 2.68. The summed E-state index contributed by atoms with van der Waals surface area (Å²) in [5.74, 6) is 0.213. The maximum absolute atomic E-state index is 11.5. The predicted octanol–water partition coefficient (Wildman–Crippen LogP) is 0.380. The molecule has 1 heterocycles. The molecule has 3 N–H and O–H groups in total. The maximum Gasteiger partial charge on any atom is 0.258 e. The number of para-hydroxylation sites is 1. The van der Waals surface area contributed by atoms with Gasteiger partial charge in [0.05, 0.1) is 6.54 Å². The summed E-state index contributed by atoms with van der Waals surface area (Å²) in [4.78, 5) is 22.0. The molecule has 1 aliphatic rings. The van der Waals surface area contributed by atoms with Crippen LogP contribution in [0, 0.1) is 0 Å². The number of nitrogens with one attached hydrogen (secondary N) is 1. The summed E-state index contributed by atoms with van der Waals surface area (Å²) >= 11 is 0.